The Kier molecular flexibility index (Phi) is 7.89. The van der Waals surface area contributed by atoms with Crippen LogP contribution in [0.2, 0.25) is 0 Å². The van der Waals surface area contributed by atoms with Gasteiger partial charge in [-0.15, -0.1) is 16.8 Å². The highest BCUT2D eigenvalue weighted by molar-refractivity contribution is 5.80. The van der Waals surface area contributed by atoms with Crippen molar-refractivity contribution in [1.29, 1.82) is 0 Å². The summed E-state index contributed by atoms with van der Waals surface area (Å²) < 4.78 is 1.98. The lowest BCUT2D eigenvalue weighted by atomic mass is 9.88. The second-order valence-corrected chi connectivity index (χ2v) is 8.28. The Balaban J connectivity index is 1.48. The number of likely N-dealkylation sites (tertiary alicyclic amines) is 1. The third-order valence-corrected chi connectivity index (χ3v) is 6.14. The average Bonchev–Trinajstić information content (AvgIpc) is 3.04. The van der Waals surface area contributed by atoms with E-state index in [-0.39, 0.29) is 0 Å². The van der Waals surface area contributed by atoms with Gasteiger partial charge in [0.25, 0.3) is 0 Å². The number of nitrogens with one attached hydrogen (secondary N) is 2. The van der Waals surface area contributed by atoms with Crippen LogP contribution in [0.25, 0.3) is 0 Å². The average molecular weight is 388 g/mol. The van der Waals surface area contributed by atoms with Gasteiger partial charge in [-0.25, -0.2) is 4.99 Å². The van der Waals surface area contributed by atoms with Crippen molar-refractivity contribution in [2.24, 2.45) is 18.0 Å². The highest BCUT2D eigenvalue weighted by Crippen LogP contribution is 2.25. The second kappa shape index (κ2) is 10.6. The Morgan fingerprint density at radius 2 is 1.93 bits per heavy atom. The molecule has 0 radical (unpaired) electrons. The third-order valence-electron chi connectivity index (χ3n) is 6.14. The van der Waals surface area contributed by atoms with E-state index in [9.17, 15) is 0 Å². The van der Waals surface area contributed by atoms with Crippen LogP contribution in [0.5, 0.6) is 0 Å². The summed E-state index contributed by atoms with van der Waals surface area (Å²) in [6, 6.07) is 0.472. The molecule has 2 heterocycles. The molecule has 7 nitrogen and oxygen atoms in total. The summed E-state index contributed by atoms with van der Waals surface area (Å²) in [5.74, 6) is 3.55. The summed E-state index contributed by atoms with van der Waals surface area (Å²) in [7, 11) is 1.98. The largest absolute Gasteiger partial charge is 0.354 e. The fourth-order valence-corrected chi connectivity index (χ4v) is 4.25. The number of hydrogen-bond donors (Lipinski definition) is 2. The lowest BCUT2D eigenvalue weighted by Crippen LogP contribution is -2.49. The molecular weight excluding hydrogens is 350 g/mol. The van der Waals surface area contributed by atoms with Crippen LogP contribution in [0.3, 0.4) is 0 Å². The van der Waals surface area contributed by atoms with Crippen LogP contribution in [-0.4, -0.2) is 57.8 Å². The van der Waals surface area contributed by atoms with Crippen molar-refractivity contribution >= 4 is 5.96 Å². The van der Waals surface area contributed by atoms with Crippen molar-refractivity contribution in [2.45, 2.75) is 64.5 Å². The minimum absolute atomic E-state index is 0.472. The van der Waals surface area contributed by atoms with E-state index in [1.807, 2.05) is 24.6 Å². The van der Waals surface area contributed by atoms with Gasteiger partial charge in [-0.1, -0.05) is 25.3 Å². The van der Waals surface area contributed by atoms with Gasteiger partial charge in [-0.3, -0.25) is 0 Å². The Morgan fingerprint density at radius 3 is 2.57 bits per heavy atom. The molecule has 2 fully saturated rings. The van der Waals surface area contributed by atoms with Gasteiger partial charge in [0, 0.05) is 39.3 Å². The molecule has 1 saturated heterocycles. The van der Waals surface area contributed by atoms with E-state index < -0.39 is 0 Å². The lowest BCUT2D eigenvalue weighted by molar-refractivity contribution is 0.160. The first-order chi connectivity index (χ1) is 13.7. The SMILES string of the molecule is C=CCNC(=NCc1nnc(C)n1C)NC1CCN(CC2CCCCC2)CC1. The van der Waals surface area contributed by atoms with Crippen LogP contribution < -0.4 is 10.6 Å². The zero-order valence-electron chi connectivity index (χ0n) is 17.7. The zero-order chi connectivity index (χ0) is 19.8. The van der Waals surface area contributed by atoms with Gasteiger partial charge in [-0.05, 0) is 38.5 Å². The first kappa shape index (κ1) is 20.8. The van der Waals surface area contributed by atoms with Crippen molar-refractivity contribution in [3.05, 3.63) is 24.3 Å². The molecule has 2 aliphatic rings. The topological polar surface area (TPSA) is 70.4 Å². The molecule has 0 amide bonds. The molecule has 0 atom stereocenters. The smallest absolute Gasteiger partial charge is 0.192 e. The molecule has 0 aromatic carbocycles. The maximum Gasteiger partial charge on any atom is 0.192 e. The molecule has 1 aromatic rings. The molecule has 2 N–H and O–H groups in total. The minimum atomic E-state index is 0.472. The van der Waals surface area contributed by atoms with E-state index in [4.69, 9.17) is 4.99 Å². The molecule has 28 heavy (non-hydrogen) atoms. The highest BCUT2D eigenvalue weighted by atomic mass is 15.3. The molecule has 1 aromatic heterocycles. The number of aromatic nitrogens is 3. The van der Waals surface area contributed by atoms with Crippen LogP contribution in [0, 0.1) is 12.8 Å². The van der Waals surface area contributed by atoms with E-state index in [0.29, 0.717) is 19.1 Å². The Hall–Kier alpha value is -1.89. The van der Waals surface area contributed by atoms with Crippen LogP contribution in [0.1, 0.15) is 56.6 Å². The number of rotatable bonds is 7. The molecule has 7 heteroatoms. The van der Waals surface area contributed by atoms with Gasteiger partial charge >= 0.3 is 0 Å². The maximum absolute atomic E-state index is 4.72. The standard InChI is InChI=1S/C21H37N7/c1-4-12-22-21(23-15-20-26-25-17(2)27(20)3)24-19-10-13-28(14-11-19)16-18-8-6-5-7-9-18/h4,18-19H,1,5-16H2,2-3H3,(H2,22,23,24). The molecule has 1 aliphatic carbocycles. The van der Waals surface area contributed by atoms with Gasteiger partial charge in [0.15, 0.2) is 11.8 Å². The highest BCUT2D eigenvalue weighted by Gasteiger charge is 2.23. The van der Waals surface area contributed by atoms with Crippen LogP contribution in [0.4, 0.5) is 0 Å². The number of nitrogens with zero attached hydrogens (tertiary/aromatic N) is 5. The number of aliphatic imine (C=N–C) groups is 1. The fourth-order valence-electron chi connectivity index (χ4n) is 4.25. The van der Waals surface area contributed by atoms with Crippen molar-refractivity contribution in [1.82, 2.24) is 30.3 Å². The van der Waals surface area contributed by atoms with E-state index in [0.717, 1.165) is 23.5 Å². The van der Waals surface area contributed by atoms with Gasteiger partial charge in [-0.2, -0.15) is 0 Å². The van der Waals surface area contributed by atoms with Crippen molar-refractivity contribution in [3.8, 4) is 0 Å². The van der Waals surface area contributed by atoms with Crippen LogP contribution in [0.15, 0.2) is 17.6 Å². The Labute approximate surface area is 169 Å². The monoisotopic (exact) mass is 387 g/mol. The summed E-state index contributed by atoms with van der Waals surface area (Å²) in [5, 5.41) is 15.3. The van der Waals surface area contributed by atoms with Gasteiger partial charge in [0.1, 0.15) is 12.4 Å². The van der Waals surface area contributed by atoms with Gasteiger partial charge in [0.2, 0.25) is 0 Å². The zero-order valence-corrected chi connectivity index (χ0v) is 17.7. The Bertz CT molecular complexity index is 637. The first-order valence-electron chi connectivity index (χ1n) is 10.9. The predicted octanol–water partition coefficient (Wildman–Crippen LogP) is 2.39. The molecule has 156 valence electrons. The third kappa shape index (κ3) is 6.06. The van der Waals surface area contributed by atoms with Crippen molar-refractivity contribution in [3.63, 3.8) is 0 Å². The van der Waals surface area contributed by atoms with Crippen LogP contribution in [-0.2, 0) is 13.6 Å². The number of guanidine groups is 1. The van der Waals surface area contributed by atoms with E-state index in [1.54, 1.807) is 0 Å². The summed E-state index contributed by atoms with van der Waals surface area (Å²) in [6.07, 6.45) is 11.4. The summed E-state index contributed by atoms with van der Waals surface area (Å²) in [5.41, 5.74) is 0. The first-order valence-corrected chi connectivity index (χ1v) is 10.9. The number of aryl methyl sites for hydroxylation is 1. The van der Waals surface area contributed by atoms with Crippen molar-refractivity contribution in [2.75, 3.05) is 26.2 Å². The summed E-state index contributed by atoms with van der Waals surface area (Å²) in [6.45, 7) is 10.6. The van der Waals surface area contributed by atoms with E-state index in [1.165, 1.54) is 64.6 Å². The summed E-state index contributed by atoms with van der Waals surface area (Å²) >= 11 is 0. The number of hydrogen-bond acceptors (Lipinski definition) is 4. The molecule has 1 aliphatic heterocycles. The molecule has 1 saturated carbocycles. The second-order valence-electron chi connectivity index (χ2n) is 8.28. The predicted molar refractivity (Wildman–Crippen MR) is 114 cm³/mol. The fraction of sp³-hybridized carbons (Fsp3) is 0.762. The van der Waals surface area contributed by atoms with Crippen molar-refractivity contribution < 1.29 is 0 Å². The molecule has 0 spiro atoms. The van der Waals surface area contributed by atoms with Gasteiger partial charge in [0.05, 0.1) is 0 Å². The molecular formula is C21H37N7. The quantitative estimate of drug-likeness (QED) is 0.427. The maximum atomic E-state index is 4.72. The molecule has 3 rings (SSSR count). The molecule has 0 unspecified atom stereocenters. The van der Waals surface area contributed by atoms with Gasteiger partial charge < -0.3 is 20.1 Å². The van der Waals surface area contributed by atoms with E-state index >= 15 is 0 Å². The lowest BCUT2D eigenvalue weighted by Gasteiger charge is -2.36. The number of piperidine rings is 1. The minimum Gasteiger partial charge on any atom is -0.354 e. The normalized spacial score (nSPS) is 20.3. The molecule has 0 bridgehead atoms. The van der Waals surface area contributed by atoms with E-state index in [2.05, 4.69) is 32.3 Å². The summed E-state index contributed by atoms with van der Waals surface area (Å²) in [4.78, 5) is 7.39. The van der Waals surface area contributed by atoms with Crippen LogP contribution >= 0.6 is 0 Å². The Morgan fingerprint density at radius 1 is 1.18 bits per heavy atom.